The zero-order valence-corrected chi connectivity index (χ0v) is 20.1. The second kappa shape index (κ2) is 11.5. The van der Waals surface area contributed by atoms with E-state index in [-0.39, 0.29) is 30.3 Å². The molecule has 4 rings (SSSR count). The van der Waals surface area contributed by atoms with Crippen molar-refractivity contribution in [3.63, 3.8) is 0 Å². The lowest BCUT2D eigenvalue weighted by molar-refractivity contribution is -0.142. The van der Waals surface area contributed by atoms with E-state index in [1.165, 1.54) is 16.7 Å². The number of carboxylic acids is 1. The van der Waals surface area contributed by atoms with Crippen LogP contribution in [-0.4, -0.2) is 53.0 Å². The molecule has 2 aromatic rings. The molecule has 7 nitrogen and oxygen atoms in total. The highest BCUT2D eigenvalue weighted by molar-refractivity contribution is 5.94. The first-order valence-electron chi connectivity index (χ1n) is 12.6. The summed E-state index contributed by atoms with van der Waals surface area (Å²) in [6.07, 6.45) is 5.35. The number of rotatable bonds is 10. The third-order valence-electron chi connectivity index (χ3n) is 7.26. The number of fused-ring (bicyclic) bond motifs is 1. The van der Waals surface area contributed by atoms with E-state index in [1.807, 2.05) is 41.3 Å². The Labute approximate surface area is 206 Å². The number of carboxylic acid groups (broad SMARTS) is 1. The van der Waals surface area contributed by atoms with E-state index in [0.717, 1.165) is 32.1 Å². The molecule has 2 amide bonds. The van der Waals surface area contributed by atoms with Gasteiger partial charge in [-0.1, -0.05) is 36.4 Å². The van der Waals surface area contributed by atoms with Crippen LogP contribution in [0.15, 0.2) is 48.5 Å². The van der Waals surface area contributed by atoms with Gasteiger partial charge in [0.15, 0.2) is 0 Å². The first-order valence-corrected chi connectivity index (χ1v) is 12.6. The van der Waals surface area contributed by atoms with Gasteiger partial charge in [0.05, 0.1) is 12.3 Å². The number of aryl methyl sites for hydroxylation is 2. The van der Waals surface area contributed by atoms with E-state index >= 15 is 0 Å². The normalized spacial score (nSPS) is 21.6. The van der Waals surface area contributed by atoms with Crippen LogP contribution in [0.4, 0.5) is 0 Å². The molecule has 2 aromatic carbocycles. The Bertz CT molecular complexity index is 1060. The third kappa shape index (κ3) is 6.48. The molecule has 1 aliphatic heterocycles. The molecule has 1 heterocycles. The SMILES string of the molecule is NC1CCc2cc(C(=O)NCC[C@@H]3C[C@@H](CC(=O)O)C(=O)N3CCCc3ccccc3)ccc2C1. The molecule has 0 aromatic heterocycles. The number of hydrogen-bond acceptors (Lipinski definition) is 4. The number of benzene rings is 2. The summed E-state index contributed by atoms with van der Waals surface area (Å²) in [4.78, 5) is 38.8. The summed E-state index contributed by atoms with van der Waals surface area (Å²) in [5.74, 6) is -1.64. The highest BCUT2D eigenvalue weighted by atomic mass is 16.4. The fraction of sp³-hybridized carbons (Fsp3) is 0.464. The molecular formula is C28H35N3O4. The number of hydrogen-bond donors (Lipinski definition) is 3. The Morgan fingerprint density at radius 2 is 1.91 bits per heavy atom. The van der Waals surface area contributed by atoms with Crippen LogP contribution < -0.4 is 11.1 Å². The van der Waals surface area contributed by atoms with Gasteiger partial charge in [-0.2, -0.15) is 0 Å². The molecular weight excluding hydrogens is 442 g/mol. The van der Waals surface area contributed by atoms with Crippen LogP contribution in [0.25, 0.3) is 0 Å². The molecule has 2 aliphatic rings. The maximum absolute atomic E-state index is 12.9. The molecule has 7 heteroatoms. The topological polar surface area (TPSA) is 113 Å². The Balaban J connectivity index is 1.32. The number of nitrogens with zero attached hydrogens (tertiary/aromatic N) is 1. The van der Waals surface area contributed by atoms with Crippen molar-refractivity contribution < 1.29 is 19.5 Å². The van der Waals surface area contributed by atoms with Gasteiger partial charge in [-0.15, -0.1) is 0 Å². The van der Waals surface area contributed by atoms with E-state index in [0.29, 0.717) is 31.5 Å². The van der Waals surface area contributed by atoms with E-state index in [9.17, 15) is 19.5 Å². The molecule has 3 atom stereocenters. The van der Waals surface area contributed by atoms with Crippen molar-refractivity contribution in [2.75, 3.05) is 13.1 Å². The van der Waals surface area contributed by atoms with Gasteiger partial charge in [0.2, 0.25) is 5.91 Å². The van der Waals surface area contributed by atoms with Gasteiger partial charge in [0.1, 0.15) is 0 Å². The molecule has 0 saturated carbocycles. The summed E-state index contributed by atoms with van der Waals surface area (Å²) in [6.45, 7) is 1.03. The van der Waals surface area contributed by atoms with Crippen molar-refractivity contribution in [1.29, 1.82) is 0 Å². The van der Waals surface area contributed by atoms with Crippen molar-refractivity contribution in [3.05, 3.63) is 70.8 Å². The maximum Gasteiger partial charge on any atom is 0.304 e. The minimum atomic E-state index is -0.949. The van der Waals surface area contributed by atoms with Gasteiger partial charge in [0, 0.05) is 30.7 Å². The minimum Gasteiger partial charge on any atom is -0.481 e. The molecule has 1 saturated heterocycles. The second-order valence-electron chi connectivity index (χ2n) is 9.84. The van der Waals surface area contributed by atoms with Gasteiger partial charge in [-0.05, 0) is 73.8 Å². The van der Waals surface area contributed by atoms with E-state index in [1.54, 1.807) is 0 Å². The first-order chi connectivity index (χ1) is 16.9. The summed E-state index contributed by atoms with van der Waals surface area (Å²) in [7, 11) is 0. The smallest absolute Gasteiger partial charge is 0.304 e. The quantitative estimate of drug-likeness (QED) is 0.487. The Morgan fingerprint density at radius 1 is 1.11 bits per heavy atom. The number of carbonyl (C=O) groups is 3. The highest BCUT2D eigenvalue weighted by Crippen LogP contribution is 2.29. The number of aliphatic carboxylic acids is 1. The largest absolute Gasteiger partial charge is 0.481 e. The van der Waals surface area contributed by atoms with Gasteiger partial charge in [-0.25, -0.2) is 0 Å². The van der Waals surface area contributed by atoms with Gasteiger partial charge in [-0.3, -0.25) is 14.4 Å². The number of likely N-dealkylation sites (tertiary alicyclic amines) is 1. The molecule has 1 fully saturated rings. The molecule has 35 heavy (non-hydrogen) atoms. The van der Waals surface area contributed by atoms with E-state index in [2.05, 4.69) is 17.4 Å². The summed E-state index contributed by atoms with van der Waals surface area (Å²) in [6, 6.07) is 16.1. The Morgan fingerprint density at radius 3 is 2.69 bits per heavy atom. The third-order valence-corrected chi connectivity index (χ3v) is 7.26. The highest BCUT2D eigenvalue weighted by Gasteiger charge is 2.39. The molecule has 0 bridgehead atoms. The predicted octanol–water partition coefficient (Wildman–Crippen LogP) is 2.95. The number of nitrogens with one attached hydrogen (secondary N) is 1. The number of nitrogens with two attached hydrogens (primary N) is 1. The maximum atomic E-state index is 12.9. The lowest BCUT2D eigenvalue weighted by atomic mass is 9.87. The van der Waals surface area contributed by atoms with E-state index < -0.39 is 11.9 Å². The number of carbonyl (C=O) groups excluding carboxylic acids is 2. The fourth-order valence-electron chi connectivity index (χ4n) is 5.40. The lowest BCUT2D eigenvalue weighted by Crippen LogP contribution is -2.37. The molecule has 1 aliphatic carbocycles. The molecule has 1 unspecified atom stereocenters. The van der Waals surface area contributed by atoms with Crippen LogP contribution in [0.2, 0.25) is 0 Å². The van der Waals surface area contributed by atoms with E-state index in [4.69, 9.17) is 5.73 Å². The predicted molar refractivity (Wildman–Crippen MR) is 134 cm³/mol. The van der Waals surface area contributed by atoms with Gasteiger partial charge < -0.3 is 21.1 Å². The van der Waals surface area contributed by atoms with Gasteiger partial charge in [0.25, 0.3) is 5.91 Å². The summed E-state index contributed by atoms with van der Waals surface area (Å²) in [5, 5.41) is 12.2. The first kappa shape index (κ1) is 24.9. The van der Waals surface area contributed by atoms with Crippen molar-refractivity contribution in [3.8, 4) is 0 Å². The lowest BCUT2D eigenvalue weighted by Gasteiger charge is -2.25. The molecule has 0 radical (unpaired) electrons. The van der Waals surface area contributed by atoms with Crippen LogP contribution in [0.3, 0.4) is 0 Å². The Kier molecular flexibility index (Phi) is 8.18. The molecule has 186 valence electrons. The van der Waals surface area contributed by atoms with Crippen molar-refractivity contribution >= 4 is 17.8 Å². The summed E-state index contributed by atoms with van der Waals surface area (Å²) in [5.41, 5.74) is 10.3. The number of amides is 2. The summed E-state index contributed by atoms with van der Waals surface area (Å²) < 4.78 is 0. The van der Waals surface area contributed by atoms with Crippen LogP contribution in [-0.2, 0) is 28.9 Å². The van der Waals surface area contributed by atoms with Crippen molar-refractivity contribution in [2.45, 2.75) is 63.5 Å². The van der Waals surface area contributed by atoms with Crippen molar-refractivity contribution in [1.82, 2.24) is 10.2 Å². The minimum absolute atomic E-state index is 0.0621. The van der Waals surface area contributed by atoms with Crippen LogP contribution in [0.5, 0.6) is 0 Å². The standard InChI is InChI=1S/C28H35N3O4/c29-24-11-10-20-15-22(9-8-21(20)16-24)27(34)30-13-12-25-17-23(18-26(32)33)28(35)31(25)14-4-7-19-5-2-1-3-6-19/h1-3,5-6,8-9,15,23-25H,4,7,10-14,16-18,29H2,(H,30,34)(H,32,33)/t23-,24?,25+/m0/s1. The average molecular weight is 478 g/mol. The monoisotopic (exact) mass is 477 g/mol. The van der Waals surface area contributed by atoms with Crippen LogP contribution in [0, 0.1) is 5.92 Å². The Hall–Kier alpha value is -3.19. The second-order valence-corrected chi connectivity index (χ2v) is 9.84. The van der Waals surface area contributed by atoms with Crippen molar-refractivity contribution in [2.24, 2.45) is 11.7 Å². The molecule has 0 spiro atoms. The van der Waals surface area contributed by atoms with Crippen LogP contribution in [0.1, 0.15) is 59.2 Å². The zero-order chi connectivity index (χ0) is 24.8. The van der Waals surface area contributed by atoms with Gasteiger partial charge >= 0.3 is 5.97 Å². The molecule has 4 N–H and O–H groups in total. The zero-order valence-electron chi connectivity index (χ0n) is 20.1. The summed E-state index contributed by atoms with van der Waals surface area (Å²) >= 11 is 0. The fourth-order valence-corrected chi connectivity index (χ4v) is 5.40. The average Bonchev–Trinajstić information content (AvgIpc) is 3.13. The van der Waals surface area contributed by atoms with Crippen LogP contribution >= 0.6 is 0 Å².